The molecule has 0 aromatic carbocycles. The van der Waals surface area contributed by atoms with E-state index in [9.17, 15) is 9.18 Å². The van der Waals surface area contributed by atoms with Crippen molar-refractivity contribution in [3.05, 3.63) is 46.5 Å². The quantitative estimate of drug-likeness (QED) is 0.587. The summed E-state index contributed by atoms with van der Waals surface area (Å²) in [6.45, 7) is -0.754. The summed E-state index contributed by atoms with van der Waals surface area (Å²) in [6, 6.07) is 3.77. The maximum atomic E-state index is 12.7. The SMILES string of the molecule is O=C(NC12CC(c3nnc(C4CC(OCF)C4)o3)(C1)C2)c1cn2ccc(Br)cc2n1. The molecule has 3 aromatic rings. The number of imidazole rings is 1. The standard InChI is InChI=1S/C20H19BrFN5O3/c21-12-1-2-27-6-14(23-15(27)5-12)16(28)24-20-7-19(8-20,9-20)18-26-25-17(30-18)11-3-13(4-11)29-10-22/h1-2,5-6,11,13H,3-4,7-10H2,(H,24,28). The Morgan fingerprint density at radius 3 is 2.93 bits per heavy atom. The highest BCUT2D eigenvalue weighted by atomic mass is 79.9. The van der Waals surface area contributed by atoms with Gasteiger partial charge in [-0.1, -0.05) is 15.9 Å². The maximum absolute atomic E-state index is 12.7. The molecule has 4 aliphatic carbocycles. The van der Waals surface area contributed by atoms with E-state index in [4.69, 9.17) is 9.15 Å². The van der Waals surface area contributed by atoms with Crippen LogP contribution in [0.4, 0.5) is 4.39 Å². The number of alkyl halides is 1. The normalized spacial score (nSPS) is 31.7. The van der Waals surface area contributed by atoms with Crippen molar-refractivity contribution in [2.24, 2.45) is 0 Å². The third-order valence-electron chi connectivity index (χ3n) is 6.70. The molecule has 0 radical (unpaired) electrons. The van der Waals surface area contributed by atoms with Crippen LogP contribution in [0.3, 0.4) is 0 Å². The molecule has 10 heteroatoms. The number of nitrogens with zero attached hydrogens (tertiary/aromatic N) is 4. The van der Waals surface area contributed by atoms with Gasteiger partial charge in [0.05, 0.1) is 11.5 Å². The lowest BCUT2D eigenvalue weighted by atomic mass is 9.39. The molecule has 156 valence electrons. The van der Waals surface area contributed by atoms with Crippen molar-refractivity contribution >= 4 is 27.5 Å². The minimum atomic E-state index is -0.754. The second-order valence-electron chi connectivity index (χ2n) is 8.79. The number of amides is 1. The number of hydrogen-bond donors (Lipinski definition) is 1. The van der Waals surface area contributed by atoms with Gasteiger partial charge in [0.1, 0.15) is 11.3 Å². The molecule has 3 aromatic heterocycles. The molecule has 4 aliphatic rings. The molecule has 0 aliphatic heterocycles. The number of halogens is 2. The summed E-state index contributed by atoms with van der Waals surface area (Å²) in [5.74, 6) is 1.25. The second-order valence-corrected chi connectivity index (χ2v) is 9.71. The van der Waals surface area contributed by atoms with E-state index in [2.05, 4.69) is 36.4 Å². The van der Waals surface area contributed by atoms with Crippen molar-refractivity contribution in [1.82, 2.24) is 24.9 Å². The van der Waals surface area contributed by atoms with Gasteiger partial charge >= 0.3 is 0 Å². The van der Waals surface area contributed by atoms with E-state index in [1.165, 1.54) is 0 Å². The highest BCUT2D eigenvalue weighted by Crippen LogP contribution is 2.67. The molecule has 30 heavy (non-hydrogen) atoms. The molecule has 0 saturated heterocycles. The Kier molecular flexibility index (Phi) is 3.89. The zero-order chi connectivity index (χ0) is 20.5. The van der Waals surface area contributed by atoms with Gasteiger partial charge in [0.25, 0.3) is 5.91 Å². The molecule has 4 saturated carbocycles. The number of carbonyl (C=O) groups excluding carboxylic acids is 1. The molecular formula is C20H19BrFN5O3. The van der Waals surface area contributed by atoms with Crippen LogP contribution in [0.1, 0.15) is 60.3 Å². The Labute approximate surface area is 179 Å². The fraction of sp³-hybridized carbons (Fsp3) is 0.500. The molecule has 8 nitrogen and oxygen atoms in total. The maximum Gasteiger partial charge on any atom is 0.271 e. The minimum Gasteiger partial charge on any atom is -0.424 e. The van der Waals surface area contributed by atoms with Crippen LogP contribution in [-0.2, 0) is 10.2 Å². The van der Waals surface area contributed by atoms with E-state index in [1.54, 1.807) is 6.20 Å². The van der Waals surface area contributed by atoms with Gasteiger partial charge in [-0.05, 0) is 44.2 Å². The fourth-order valence-corrected chi connectivity index (χ4v) is 5.45. The summed E-state index contributed by atoms with van der Waals surface area (Å²) in [6.07, 6.45) is 7.37. The first-order valence-corrected chi connectivity index (χ1v) is 10.8. The number of ether oxygens (including phenoxy) is 1. The van der Waals surface area contributed by atoms with Crippen LogP contribution >= 0.6 is 15.9 Å². The van der Waals surface area contributed by atoms with Crippen LogP contribution < -0.4 is 5.32 Å². The third kappa shape index (κ3) is 2.73. The molecule has 1 N–H and O–H groups in total. The average molecular weight is 476 g/mol. The van der Waals surface area contributed by atoms with Gasteiger partial charge < -0.3 is 18.9 Å². The predicted octanol–water partition coefficient (Wildman–Crippen LogP) is 3.27. The summed E-state index contributed by atoms with van der Waals surface area (Å²) in [5, 5.41) is 11.6. The Balaban J connectivity index is 1.09. The lowest BCUT2D eigenvalue weighted by molar-refractivity contribution is -0.0977. The summed E-state index contributed by atoms with van der Waals surface area (Å²) >= 11 is 3.42. The summed E-state index contributed by atoms with van der Waals surface area (Å²) < 4.78 is 25.8. The first kappa shape index (κ1) is 18.4. The molecular weight excluding hydrogens is 457 g/mol. The zero-order valence-electron chi connectivity index (χ0n) is 16.0. The van der Waals surface area contributed by atoms with Gasteiger partial charge in [-0.25, -0.2) is 9.37 Å². The van der Waals surface area contributed by atoms with Gasteiger partial charge in [0, 0.05) is 28.3 Å². The van der Waals surface area contributed by atoms with Crippen molar-refractivity contribution < 1.29 is 18.3 Å². The topological polar surface area (TPSA) is 94.5 Å². The number of nitrogens with one attached hydrogen (secondary N) is 1. The highest BCUT2D eigenvalue weighted by Gasteiger charge is 2.72. The molecule has 4 fully saturated rings. The van der Waals surface area contributed by atoms with E-state index in [-0.39, 0.29) is 28.9 Å². The Morgan fingerprint density at radius 2 is 2.17 bits per heavy atom. The first-order chi connectivity index (χ1) is 14.5. The van der Waals surface area contributed by atoms with E-state index < -0.39 is 6.86 Å². The van der Waals surface area contributed by atoms with Crippen molar-refractivity contribution in [2.75, 3.05) is 6.86 Å². The number of fused-ring (bicyclic) bond motifs is 1. The van der Waals surface area contributed by atoms with Crippen molar-refractivity contribution in [3.8, 4) is 0 Å². The number of rotatable bonds is 6. The van der Waals surface area contributed by atoms with Crippen molar-refractivity contribution in [3.63, 3.8) is 0 Å². The van der Waals surface area contributed by atoms with E-state index >= 15 is 0 Å². The summed E-state index contributed by atoms with van der Waals surface area (Å²) in [5.41, 5.74) is 0.790. The fourth-order valence-electron chi connectivity index (χ4n) is 5.12. The molecule has 0 atom stereocenters. The molecule has 3 heterocycles. The Morgan fingerprint density at radius 1 is 1.37 bits per heavy atom. The zero-order valence-corrected chi connectivity index (χ0v) is 17.6. The van der Waals surface area contributed by atoms with Crippen LogP contribution in [0.5, 0.6) is 0 Å². The van der Waals surface area contributed by atoms with Crippen molar-refractivity contribution in [2.45, 2.75) is 55.1 Å². The van der Waals surface area contributed by atoms with Crippen LogP contribution in [-0.4, -0.2) is 44.0 Å². The third-order valence-corrected chi connectivity index (χ3v) is 7.19. The van der Waals surface area contributed by atoms with E-state index in [0.29, 0.717) is 30.3 Å². The lowest BCUT2D eigenvalue weighted by Gasteiger charge is -2.68. The number of hydrogen-bond acceptors (Lipinski definition) is 6. The van der Waals surface area contributed by atoms with Gasteiger partial charge in [-0.3, -0.25) is 4.79 Å². The smallest absolute Gasteiger partial charge is 0.271 e. The molecule has 0 spiro atoms. The number of pyridine rings is 1. The largest absolute Gasteiger partial charge is 0.424 e. The van der Waals surface area contributed by atoms with Gasteiger partial charge in [0.15, 0.2) is 6.86 Å². The molecule has 2 bridgehead atoms. The molecule has 1 amide bonds. The average Bonchev–Trinajstić information content (AvgIpc) is 3.26. The van der Waals surface area contributed by atoms with Crippen LogP contribution in [0, 0.1) is 0 Å². The second kappa shape index (κ2) is 6.34. The molecule has 7 rings (SSSR count). The highest BCUT2D eigenvalue weighted by molar-refractivity contribution is 9.10. The number of aromatic nitrogens is 4. The Hall–Kier alpha value is -2.33. The van der Waals surface area contributed by atoms with E-state index in [1.807, 2.05) is 22.7 Å². The van der Waals surface area contributed by atoms with Gasteiger partial charge in [-0.2, -0.15) is 0 Å². The van der Waals surface area contributed by atoms with Gasteiger partial charge in [0.2, 0.25) is 11.8 Å². The summed E-state index contributed by atoms with van der Waals surface area (Å²) in [7, 11) is 0. The van der Waals surface area contributed by atoms with Gasteiger partial charge in [-0.15, -0.1) is 10.2 Å². The van der Waals surface area contributed by atoms with Crippen molar-refractivity contribution in [1.29, 1.82) is 0 Å². The monoisotopic (exact) mass is 475 g/mol. The predicted molar refractivity (Wildman–Crippen MR) is 106 cm³/mol. The van der Waals surface area contributed by atoms with E-state index in [0.717, 1.165) is 29.4 Å². The van der Waals surface area contributed by atoms with Crippen LogP contribution in [0.15, 0.2) is 33.4 Å². The van der Waals surface area contributed by atoms with Crippen LogP contribution in [0.25, 0.3) is 5.65 Å². The number of carbonyl (C=O) groups is 1. The Bertz CT molecular complexity index is 1130. The lowest BCUT2D eigenvalue weighted by Crippen LogP contribution is -2.76. The van der Waals surface area contributed by atoms with Crippen LogP contribution in [0.2, 0.25) is 0 Å². The summed E-state index contributed by atoms with van der Waals surface area (Å²) in [4.78, 5) is 17.1. The minimum absolute atomic E-state index is 0.0514. The molecule has 0 unspecified atom stereocenters. The first-order valence-electron chi connectivity index (χ1n) is 9.96.